The van der Waals surface area contributed by atoms with Crippen LogP contribution in [0.5, 0.6) is 0 Å². The van der Waals surface area contributed by atoms with Crippen LogP contribution in [-0.4, -0.2) is 14.3 Å². The van der Waals surface area contributed by atoms with Gasteiger partial charge in [0.05, 0.1) is 22.1 Å². The normalized spacial score (nSPS) is 14.5. The second kappa shape index (κ2) is 8.11. The fourth-order valence-electron chi connectivity index (χ4n) is 3.28. The molecule has 10 heteroatoms. The van der Waals surface area contributed by atoms with Crippen LogP contribution in [0.3, 0.4) is 0 Å². The van der Waals surface area contributed by atoms with E-state index in [2.05, 4.69) is 10.0 Å². The molecule has 0 saturated carbocycles. The molecule has 6 nitrogen and oxygen atoms in total. The Morgan fingerprint density at radius 1 is 1.00 bits per heavy atom. The molecule has 1 amide bonds. The van der Waals surface area contributed by atoms with E-state index in [1.54, 1.807) is 30.3 Å². The van der Waals surface area contributed by atoms with E-state index in [1.807, 2.05) is 6.07 Å². The van der Waals surface area contributed by atoms with Crippen molar-refractivity contribution in [1.82, 2.24) is 0 Å². The van der Waals surface area contributed by atoms with Gasteiger partial charge in [-0.1, -0.05) is 12.1 Å². The molecule has 0 aromatic heterocycles. The van der Waals surface area contributed by atoms with E-state index in [9.17, 15) is 26.4 Å². The summed E-state index contributed by atoms with van der Waals surface area (Å²) >= 11 is 0. The van der Waals surface area contributed by atoms with Crippen molar-refractivity contribution in [3.8, 4) is 6.07 Å². The minimum absolute atomic E-state index is 0.0400. The van der Waals surface area contributed by atoms with Gasteiger partial charge < -0.3 is 5.32 Å². The van der Waals surface area contributed by atoms with Crippen molar-refractivity contribution >= 4 is 39.0 Å². The zero-order chi connectivity index (χ0) is 23.8. The lowest BCUT2D eigenvalue weighted by molar-refractivity contribution is -0.137. The van der Waals surface area contributed by atoms with E-state index in [0.29, 0.717) is 22.4 Å². The van der Waals surface area contributed by atoms with Crippen LogP contribution in [0.2, 0.25) is 0 Å². The Balaban J connectivity index is 1.66. The number of sulfonamides is 1. The molecule has 33 heavy (non-hydrogen) atoms. The summed E-state index contributed by atoms with van der Waals surface area (Å²) in [5.41, 5.74) is 1.02. The highest BCUT2D eigenvalue weighted by Crippen LogP contribution is 2.35. The standard InChI is InChI=1S/C23H14F3N3O3S/c24-23(25,26)16-4-6-17(7-5-16)29-33(31,32)18-8-9-21-19(12-18)20(22(30)28-21)11-14-2-1-3-15(10-14)13-27/h1-12,29H,(H,28,30). The first-order valence-corrected chi connectivity index (χ1v) is 10.9. The molecule has 1 aliphatic rings. The summed E-state index contributed by atoms with van der Waals surface area (Å²) in [6, 6.07) is 16.2. The lowest BCUT2D eigenvalue weighted by Gasteiger charge is -2.11. The maximum absolute atomic E-state index is 12.8. The molecule has 0 fully saturated rings. The van der Waals surface area contributed by atoms with Gasteiger partial charge in [-0.05, 0) is 66.2 Å². The number of alkyl halides is 3. The summed E-state index contributed by atoms with van der Waals surface area (Å²) < 4.78 is 66.0. The lowest BCUT2D eigenvalue weighted by atomic mass is 10.0. The molecule has 0 unspecified atom stereocenters. The van der Waals surface area contributed by atoms with Gasteiger partial charge in [-0.2, -0.15) is 18.4 Å². The van der Waals surface area contributed by atoms with Crippen LogP contribution in [0, 0.1) is 11.3 Å². The number of carbonyl (C=O) groups is 1. The average Bonchev–Trinajstić information content (AvgIpc) is 3.08. The third-order valence-electron chi connectivity index (χ3n) is 4.88. The molecule has 2 N–H and O–H groups in total. The number of anilines is 2. The van der Waals surface area contributed by atoms with Gasteiger partial charge in [0.15, 0.2) is 0 Å². The number of hydrogen-bond donors (Lipinski definition) is 2. The van der Waals surface area contributed by atoms with Crippen molar-refractivity contribution in [2.45, 2.75) is 11.1 Å². The van der Waals surface area contributed by atoms with Crippen LogP contribution in [0.4, 0.5) is 24.5 Å². The Kier molecular flexibility index (Phi) is 5.43. The quantitative estimate of drug-likeness (QED) is 0.533. The number of amides is 1. The van der Waals surface area contributed by atoms with E-state index in [1.165, 1.54) is 18.2 Å². The van der Waals surface area contributed by atoms with Crippen molar-refractivity contribution in [2.24, 2.45) is 0 Å². The first-order valence-electron chi connectivity index (χ1n) is 9.44. The minimum Gasteiger partial charge on any atom is -0.321 e. The van der Waals surface area contributed by atoms with Crippen molar-refractivity contribution < 1.29 is 26.4 Å². The van der Waals surface area contributed by atoms with E-state index in [4.69, 9.17) is 5.26 Å². The predicted molar refractivity (Wildman–Crippen MR) is 116 cm³/mol. The molecule has 0 bridgehead atoms. The van der Waals surface area contributed by atoms with Gasteiger partial charge in [0.1, 0.15) is 0 Å². The predicted octanol–water partition coefficient (Wildman–Crippen LogP) is 4.87. The van der Waals surface area contributed by atoms with Gasteiger partial charge in [0, 0.05) is 22.5 Å². The zero-order valence-electron chi connectivity index (χ0n) is 16.6. The number of carbonyl (C=O) groups excluding carboxylic acids is 1. The van der Waals surface area contributed by atoms with Gasteiger partial charge in [-0.15, -0.1) is 0 Å². The maximum Gasteiger partial charge on any atom is 0.416 e. The third kappa shape index (κ3) is 4.58. The molecule has 0 spiro atoms. The Morgan fingerprint density at radius 3 is 2.39 bits per heavy atom. The first-order chi connectivity index (χ1) is 15.6. The molecule has 1 aliphatic heterocycles. The van der Waals surface area contributed by atoms with Gasteiger partial charge >= 0.3 is 6.18 Å². The molecule has 4 rings (SSSR count). The summed E-state index contributed by atoms with van der Waals surface area (Å²) in [5, 5.41) is 11.7. The van der Waals surface area contributed by atoms with E-state index in [-0.39, 0.29) is 16.2 Å². The third-order valence-corrected chi connectivity index (χ3v) is 6.25. The molecule has 1 heterocycles. The molecule has 0 saturated heterocycles. The summed E-state index contributed by atoms with van der Waals surface area (Å²) in [6.45, 7) is 0. The van der Waals surface area contributed by atoms with Crippen LogP contribution >= 0.6 is 0 Å². The van der Waals surface area contributed by atoms with Crippen LogP contribution in [0.25, 0.3) is 11.6 Å². The Hall–Kier alpha value is -4.10. The number of nitrogens with one attached hydrogen (secondary N) is 2. The van der Waals surface area contributed by atoms with Gasteiger partial charge in [-0.25, -0.2) is 8.42 Å². The molecule has 0 radical (unpaired) electrons. The smallest absolute Gasteiger partial charge is 0.321 e. The number of nitriles is 1. The Labute approximate surface area is 187 Å². The van der Waals surface area contributed by atoms with Crippen molar-refractivity contribution in [2.75, 3.05) is 10.0 Å². The monoisotopic (exact) mass is 469 g/mol. The molecule has 166 valence electrons. The Morgan fingerprint density at radius 2 is 1.73 bits per heavy atom. The Bertz CT molecular complexity index is 1440. The molecule has 3 aromatic carbocycles. The van der Waals surface area contributed by atoms with E-state index >= 15 is 0 Å². The number of halogens is 3. The van der Waals surface area contributed by atoms with Crippen LogP contribution in [0.1, 0.15) is 22.3 Å². The van der Waals surface area contributed by atoms with Crippen molar-refractivity contribution in [1.29, 1.82) is 5.26 Å². The number of benzene rings is 3. The minimum atomic E-state index is -4.54. The summed E-state index contributed by atoms with van der Waals surface area (Å²) in [4.78, 5) is 12.3. The topological polar surface area (TPSA) is 99.1 Å². The largest absolute Gasteiger partial charge is 0.416 e. The zero-order valence-corrected chi connectivity index (χ0v) is 17.5. The van der Waals surface area contributed by atoms with Crippen LogP contribution in [0.15, 0.2) is 71.6 Å². The van der Waals surface area contributed by atoms with Crippen LogP contribution in [-0.2, 0) is 21.0 Å². The fourth-order valence-corrected chi connectivity index (χ4v) is 4.37. The fraction of sp³-hybridized carbons (Fsp3) is 0.0435. The number of fused-ring (bicyclic) bond motifs is 1. The summed E-state index contributed by atoms with van der Waals surface area (Å²) in [6.07, 6.45) is -2.99. The number of nitrogens with zero attached hydrogens (tertiary/aromatic N) is 1. The second-order valence-electron chi connectivity index (χ2n) is 7.14. The highest BCUT2D eigenvalue weighted by molar-refractivity contribution is 7.92. The summed E-state index contributed by atoms with van der Waals surface area (Å²) in [7, 11) is -4.15. The second-order valence-corrected chi connectivity index (χ2v) is 8.82. The van der Waals surface area contributed by atoms with E-state index < -0.39 is 27.7 Å². The summed E-state index contributed by atoms with van der Waals surface area (Å²) in [5.74, 6) is -0.433. The molecule has 3 aromatic rings. The van der Waals surface area contributed by atoms with Gasteiger partial charge in [-0.3, -0.25) is 9.52 Å². The molecule has 0 atom stereocenters. The SMILES string of the molecule is N#Cc1cccc(C=C2C(=O)Nc3ccc(S(=O)(=O)Nc4ccc(C(F)(F)F)cc4)cc32)c1. The van der Waals surface area contributed by atoms with Crippen molar-refractivity contribution in [3.05, 3.63) is 89.0 Å². The first kappa shape index (κ1) is 22.1. The van der Waals surface area contributed by atoms with Crippen LogP contribution < -0.4 is 10.0 Å². The lowest BCUT2D eigenvalue weighted by Crippen LogP contribution is -2.13. The number of rotatable bonds is 4. The van der Waals surface area contributed by atoms with Gasteiger partial charge in [0.2, 0.25) is 0 Å². The van der Waals surface area contributed by atoms with Gasteiger partial charge in [0.25, 0.3) is 15.9 Å². The number of hydrogen-bond acceptors (Lipinski definition) is 4. The molecular weight excluding hydrogens is 455 g/mol. The maximum atomic E-state index is 12.8. The van der Waals surface area contributed by atoms with E-state index in [0.717, 1.165) is 24.3 Å². The molecule has 0 aliphatic carbocycles. The molecular formula is C23H14F3N3O3S. The highest BCUT2D eigenvalue weighted by atomic mass is 32.2. The van der Waals surface area contributed by atoms with Crippen molar-refractivity contribution in [3.63, 3.8) is 0 Å². The average molecular weight is 469 g/mol. The highest BCUT2D eigenvalue weighted by Gasteiger charge is 2.30.